The van der Waals surface area contributed by atoms with Crippen molar-refractivity contribution < 1.29 is 19.4 Å². The summed E-state index contributed by atoms with van der Waals surface area (Å²) in [5.41, 5.74) is 1.02. The van der Waals surface area contributed by atoms with Crippen molar-refractivity contribution in [2.24, 2.45) is 0 Å². The van der Waals surface area contributed by atoms with Crippen LogP contribution in [0.1, 0.15) is 24.6 Å². The standard InChI is InChI=1S/C16H17NO5/c1-21-14-7-11-12(8-15(14)22-2)17(9-3-4-9)10(5-13(11)18)6-16(19)20/h5,7-9H,3-4,6H2,1-2H3,(H,19,20). The molecule has 1 aliphatic rings. The fourth-order valence-electron chi connectivity index (χ4n) is 2.77. The molecule has 3 rings (SSSR count). The quantitative estimate of drug-likeness (QED) is 0.914. The van der Waals surface area contributed by atoms with Crippen molar-refractivity contribution in [1.82, 2.24) is 4.57 Å². The van der Waals surface area contributed by atoms with Crippen molar-refractivity contribution in [1.29, 1.82) is 0 Å². The van der Waals surface area contributed by atoms with E-state index in [9.17, 15) is 9.59 Å². The van der Waals surface area contributed by atoms with Crippen LogP contribution in [-0.4, -0.2) is 29.9 Å². The number of hydrogen-bond donors (Lipinski definition) is 1. The van der Waals surface area contributed by atoms with Gasteiger partial charge in [-0.1, -0.05) is 0 Å². The zero-order valence-corrected chi connectivity index (χ0v) is 12.5. The Morgan fingerprint density at radius 2 is 1.86 bits per heavy atom. The molecule has 0 unspecified atom stereocenters. The fourth-order valence-corrected chi connectivity index (χ4v) is 2.77. The van der Waals surface area contributed by atoms with Crippen molar-refractivity contribution in [3.05, 3.63) is 34.1 Å². The second-order valence-electron chi connectivity index (χ2n) is 5.40. The highest BCUT2D eigenvalue weighted by Crippen LogP contribution is 2.40. The van der Waals surface area contributed by atoms with Crippen LogP contribution in [0.15, 0.2) is 23.0 Å². The summed E-state index contributed by atoms with van der Waals surface area (Å²) >= 11 is 0. The van der Waals surface area contributed by atoms with Gasteiger partial charge in [0.2, 0.25) is 0 Å². The van der Waals surface area contributed by atoms with Gasteiger partial charge in [-0.2, -0.15) is 0 Å². The first kappa shape index (κ1) is 14.4. The lowest BCUT2D eigenvalue weighted by molar-refractivity contribution is -0.136. The van der Waals surface area contributed by atoms with Gasteiger partial charge in [0, 0.05) is 29.3 Å². The van der Waals surface area contributed by atoms with E-state index in [2.05, 4.69) is 0 Å². The van der Waals surface area contributed by atoms with Gasteiger partial charge >= 0.3 is 5.97 Å². The minimum Gasteiger partial charge on any atom is -0.493 e. The molecule has 0 atom stereocenters. The minimum absolute atomic E-state index is 0.171. The Labute approximate surface area is 126 Å². The minimum atomic E-state index is -0.950. The molecule has 22 heavy (non-hydrogen) atoms. The van der Waals surface area contributed by atoms with Gasteiger partial charge < -0.3 is 19.1 Å². The summed E-state index contributed by atoms with van der Waals surface area (Å²) in [5.74, 6) is 0.0605. The summed E-state index contributed by atoms with van der Waals surface area (Å²) in [7, 11) is 3.05. The van der Waals surface area contributed by atoms with Gasteiger partial charge in [0.1, 0.15) is 0 Å². The van der Waals surface area contributed by atoms with E-state index in [0.717, 1.165) is 12.8 Å². The molecule has 0 aliphatic heterocycles. The third-order valence-corrected chi connectivity index (χ3v) is 3.88. The maximum absolute atomic E-state index is 12.3. The fraction of sp³-hybridized carbons (Fsp3) is 0.375. The molecule has 0 radical (unpaired) electrons. The van der Waals surface area contributed by atoms with Crippen LogP contribution in [0.2, 0.25) is 0 Å². The molecular formula is C16H17NO5. The number of benzene rings is 1. The normalized spacial score (nSPS) is 14.1. The van der Waals surface area contributed by atoms with Gasteiger partial charge in [-0.25, -0.2) is 0 Å². The second kappa shape index (κ2) is 5.36. The second-order valence-corrected chi connectivity index (χ2v) is 5.40. The first-order chi connectivity index (χ1) is 10.5. The average Bonchev–Trinajstić information content (AvgIpc) is 3.30. The highest BCUT2D eigenvalue weighted by Gasteiger charge is 2.28. The average molecular weight is 303 g/mol. The maximum Gasteiger partial charge on any atom is 0.309 e. The van der Waals surface area contributed by atoms with Crippen LogP contribution in [0, 0.1) is 0 Å². The third kappa shape index (κ3) is 2.41. The van der Waals surface area contributed by atoms with Crippen LogP contribution < -0.4 is 14.9 Å². The van der Waals surface area contributed by atoms with Crippen LogP contribution in [0.25, 0.3) is 10.9 Å². The summed E-state index contributed by atoms with van der Waals surface area (Å²) in [6, 6.07) is 5.07. The number of carboxylic acid groups (broad SMARTS) is 1. The zero-order valence-electron chi connectivity index (χ0n) is 12.5. The molecular weight excluding hydrogens is 286 g/mol. The van der Waals surface area contributed by atoms with Gasteiger partial charge in [0.15, 0.2) is 16.9 Å². The number of hydrogen-bond acceptors (Lipinski definition) is 4. The van der Waals surface area contributed by atoms with Gasteiger partial charge in [-0.15, -0.1) is 0 Å². The lowest BCUT2D eigenvalue weighted by Crippen LogP contribution is -2.16. The molecule has 116 valence electrons. The summed E-state index contributed by atoms with van der Waals surface area (Å²) < 4.78 is 12.5. The van der Waals surface area contributed by atoms with E-state index >= 15 is 0 Å². The number of nitrogens with zero attached hydrogens (tertiary/aromatic N) is 1. The van der Waals surface area contributed by atoms with Crippen LogP contribution in [0.5, 0.6) is 11.5 Å². The van der Waals surface area contributed by atoms with Gasteiger partial charge in [-0.3, -0.25) is 9.59 Å². The van der Waals surface area contributed by atoms with Crippen molar-refractivity contribution in [2.45, 2.75) is 25.3 Å². The Morgan fingerprint density at radius 3 is 2.41 bits per heavy atom. The highest BCUT2D eigenvalue weighted by molar-refractivity contribution is 5.84. The Hall–Kier alpha value is -2.50. The third-order valence-electron chi connectivity index (χ3n) is 3.88. The molecule has 1 saturated carbocycles. The summed E-state index contributed by atoms with van der Waals surface area (Å²) in [6.07, 6.45) is 1.80. The van der Waals surface area contributed by atoms with Gasteiger partial charge in [-0.05, 0) is 18.9 Å². The zero-order chi connectivity index (χ0) is 15.9. The molecule has 0 amide bonds. The SMILES string of the molecule is COc1cc2c(=O)cc(CC(=O)O)n(C3CC3)c2cc1OC. The molecule has 1 aromatic carbocycles. The summed E-state index contributed by atoms with van der Waals surface area (Å²) in [5, 5.41) is 9.59. The predicted octanol–water partition coefficient (Wildman–Crippen LogP) is 1.98. The Morgan fingerprint density at radius 1 is 1.23 bits per heavy atom. The van der Waals surface area contributed by atoms with Gasteiger partial charge in [0.05, 0.1) is 26.2 Å². The van der Waals surface area contributed by atoms with E-state index in [1.54, 1.807) is 12.1 Å². The number of carboxylic acids is 1. The van der Waals surface area contributed by atoms with Crippen molar-refractivity contribution in [3.8, 4) is 11.5 Å². The first-order valence-electron chi connectivity index (χ1n) is 7.07. The van der Waals surface area contributed by atoms with E-state index in [-0.39, 0.29) is 17.9 Å². The molecule has 0 spiro atoms. The number of aromatic nitrogens is 1. The Balaban J connectivity index is 2.33. The first-order valence-corrected chi connectivity index (χ1v) is 7.07. The molecule has 1 heterocycles. The van der Waals surface area contributed by atoms with Crippen molar-refractivity contribution in [3.63, 3.8) is 0 Å². The molecule has 0 saturated heterocycles. The van der Waals surface area contributed by atoms with Crippen LogP contribution >= 0.6 is 0 Å². The van der Waals surface area contributed by atoms with E-state index in [1.165, 1.54) is 20.3 Å². The monoisotopic (exact) mass is 303 g/mol. The molecule has 1 aromatic heterocycles. The van der Waals surface area contributed by atoms with Crippen LogP contribution in [-0.2, 0) is 11.2 Å². The van der Waals surface area contributed by atoms with E-state index in [4.69, 9.17) is 14.6 Å². The lowest BCUT2D eigenvalue weighted by Gasteiger charge is -2.17. The molecule has 1 N–H and O–H groups in total. The number of aliphatic carboxylic acids is 1. The topological polar surface area (TPSA) is 77.8 Å². The van der Waals surface area contributed by atoms with Crippen molar-refractivity contribution >= 4 is 16.9 Å². The molecule has 2 aromatic rings. The molecule has 6 heteroatoms. The van der Waals surface area contributed by atoms with E-state index in [1.807, 2.05) is 4.57 Å². The molecule has 1 fully saturated rings. The number of carbonyl (C=O) groups is 1. The van der Waals surface area contributed by atoms with E-state index in [0.29, 0.717) is 28.1 Å². The Bertz CT molecular complexity index is 804. The van der Waals surface area contributed by atoms with Crippen LogP contribution in [0.3, 0.4) is 0 Å². The molecule has 0 bridgehead atoms. The number of methoxy groups -OCH3 is 2. The predicted molar refractivity (Wildman–Crippen MR) is 80.9 cm³/mol. The summed E-state index contributed by atoms with van der Waals surface area (Å²) in [4.78, 5) is 23.4. The highest BCUT2D eigenvalue weighted by atomic mass is 16.5. The Kier molecular flexibility index (Phi) is 3.52. The number of fused-ring (bicyclic) bond motifs is 1. The molecule has 1 aliphatic carbocycles. The van der Waals surface area contributed by atoms with Crippen molar-refractivity contribution in [2.75, 3.05) is 14.2 Å². The van der Waals surface area contributed by atoms with Gasteiger partial charge in [0.25, 0.3) is 0 Å². The number of rotatable bonds is 5. The smallest absolute Gasteiger partial charge is 0.309 e. The largest absolute Gasteiger partial charge is 0.493 e. The van der Waals surface area contributed by atoms with E-state index < -0.39 is 5.97 Å². The lowest BCUT2D eigenvalue weighted by atomic mass is 10.1. The number of ether oxygens (including phenoxy) is 2. The summed E-state index contributed by atoms with van der Waals surface area (Å²) in [6.45, 7) is 0. The number of pyridine rings is 1. The maximum atomic E-state index is 12.3. The van der Waals surface area contributed by atoms with Crippen LogP contribution in [0.4, 0.5) is 0 Å². The molecule has 6 nitrogen and oxygen atoms in total.